The van der Waals surface area contributed by atoms with Crippen molar-refractivity contribution < 1.29 is 5.11 Å². The van der Waals surface area contributed by atoms with Gasteiger partial charge in [0.1, 0.15) is 5.60 Å². The molecule has 0 bridgehead atoms. The highest BCUT2D eigenvalue weighted by Gasteiger charge is 2.35. The Bertz CT molecular complexity index is 507. The van der Waals surface area contributed by atoms with Crippen molar-refractivity contribution in [1.82, 2.24) is 15.0 Å². The number of rotatable bonds is 4. The maximum Gasteiger partial charge on any atom is 0.110 e. The van der Waals surface area contributed by atoms with Crippen LogP contribution in [0.3, 0.4) is 0 Å². The quantitative estimate of drug-likeness (QED) is 0.900. The van der Waals surface area contributed by atoms with Gasteiger partial charge in [0.05, 0.1) is 17.6 Å². The zero-order chi connectivity index (χ0) is 13.2. The molecular weight excluding hydrogens is 226 g/mol. The van der Waals surface area contributed by atoms with Gasteiger partial charge in [0, 0.05) is 0 Å². The molecule has 1 aromatic carbocycles. The Labute approximate surface area is 107 Å². The highest BCUT2D eigenvalue weighted by Crippen LogP contribution is 2.33. The van der Waals surface area contributed by atoms with Gasteiger partial charge in [0.2, 0.25) is 0 Å². The monoisotopic (exact) mass is 245 g/mol. The molecule has 0 aliphatic rings. The van der Waals surface area contributed by atoms with Crippen LogP contribution < -0.4 is 0 Å². The summed E-state index contributed by atoms with van der Waals surface area (Å²) in [5, 5.41) is 18.8. The SMILES string of the molecule is CCC(O)(c1cnnn1-c1ccccc1)C(C)C. The third kappa shape index (κ3) is 2.04. The molecular formula is C14H19N3O. The summed E-state index contributed by atoms with van der Waals surface area (Å²) in [4.78, 5) is 0. The minimum Gasteiger partial charge on any atom is -0.383 e. The summed E-state index contributed by atoms with van der Waals surface area (Å²) < 4.78 is 1.71. The molecule has 1 aromatic heterocycles. The van der Waals surface area contributed by atoms with E-state index in [2.05, 4.69) is 10.3 Å². The molecule has 1 unspecified atom stereocenters. The Balaban J connectivity index is 2.52. The summed E-state index contributed by atoms with van der Waals surface area (Å²) in [6.07, 6.45) is 2.28. The maximum atomic E-state index is 10.8. The molecule has 18 heavy (non-hydrogen) atoms. The van der Waals surface area contributed by atoms with Crippen LogP contribution in [0.5, 0.6) is 0 Å². The summed E-state index contributed by atoms with van der Waals surface area (Å²) >= 11 is 0. The fourth-order valence-corrected chi connectivity index (χ4v) is 2.18. The molecule has 0 radical (unpaired) electrons. The van der Waals surface area contributed by atoms with Gasteiger partial charge in [-0.15, -0.1) is 5.10 Å². The van der Waals surface area contributed by atoms with Crippen LogP contribution in [-0.2, 0) is 5.60 Å². The number of para-hydroxylation sites is 1. The fraction of sp³-hybridized carbons (Fsp3) is 0.429. The van der Waals surface area contributed by atoms with E-state index >= 15 is 0 Å². The van der Waals surface area contributed by atoms with Crippen LogP contribution in [0.25, 0.3) is 5.69 Å². The minimum absolute atomic E-state index is 0.100. The first-order valence-electron chi connectivity index (χ1n) is 6.28. The van der Waals surface area contributed by atoms with Crippen molar-refractivity contribution in [3.8, 4) is 5.69 Å². The zero-order valence-corrected chi connectivity index (χ0v) is 11.0. The van der Waals surface area contributed by atoms with Crippen LogP contribution in [0.15, 0.2) is 36.5 Å². The molecule has 1 atom stereocenters. The summed E-state index contributed by atoms with van der Waals surface area (Å²) in [6.45, 7) is 5.99. The lowest BCUT2D eigenvalue weighted by Crippen LogP contribution is -2.33. The summed E-state index contributed by atoms with van der Waals surface area (Å²) in [7, 11) is 0. The van der Waals surface area contributed by atoms with E-state index in [1.807, 2.05) is 51.1 Å². The number of hydrogen-bond donors (Lipinski definition) is 1. The molecule has 4 heteroatoms. The fourth-order valence-electron chi connectivity index (χ4n) is 2.18. The predicted molar refractivity (Wildman–Crippen MR) is 70.4 cm³/mol. The molecule has 0 saturated carbocycles. The third-order valence-electron chi connectivity index (χ3n) is 3.49. The van der Waals surface area contributed by atoms with Crippen molar-refractivity contribution in [2.24, 2.45) is 5.92 Å². The molecule has 0 amide bonds. The maximum absolute atomic E-state index is 10.8. The standard InChI is InChI=1S/C14H19N3O/c1-4-14(18,11(2)3)13-10-15-16-17(13)12-8-6-5-7-9-12/h5-11,18H,4H2,1-3H3. The van der Waals surface area contributed by atoms with Crippen LogP contribution >= 0.6 is 0 Å². The first-order valence-corrected chi connectivity index (χ1v) is 6.28. The van der Waals surface area contributed by atoms with Gasteiger partial charge >= 0.3 is 0 Å². The second-order valence-electron chi connectivity index (χ2n) is 4.80. The Hall–Kier alpha value is -1.68. The second-order valence-corrected chi connectivity index (χ2v) is 4.80. The molecule has 4 nitrogen and oxygen atoms in total. The number of aromatic nitrogens is 3. The van der Waals surface area contributed by atoms with Crippen molar-refractivity contribution in [2.45, 2.75) is 32.8 Å². The molecule has 96 valence electrons. The number of hydrogen-bond acceptors (Lipinski definition) is 3. The van der Waals surface area contributed by atoms with Gasteiger partial charge < -0.3 is 5.11 Å². The van der Waals surface area contributed by atoms with Crippen molar-refractivity contribution in [1.29, 1.82) is 0 Å². The van der Waals surface area contributed by atoms with Crippen molar-refractivity contribution >= 4 is 0 Å². The van der Waals surface area contributed by atoms with E-state index in [0.717, 1.165) is 11.4 Å². The van der Waals surface area contributed by atoms with Crippen molar-refractivity contribution in [3.05, 3.63) is 42.2 Å². The van der Waals surface area contributed by atoms with Crippen molar-refractivity contribution in [2.75, 3.05) is 0 Å². The van der Waals surface area contributed by atoms with E-state index in [-0.39, 0.29) is 5.92 Å². The van der Waals surface area contributed by atoms with Crippen LogP contribution in [-0.4, -0.2) is 20.1 Å². The van der Waals surface area contributed by atoms with Crippen LogP contribution in [0.2, 0.25) is 0 Å². The van der Waals surface area contributed by atoms with Crippen LogP contribution in [0.1, 0.15) is 32.9 Å². The number of aliphatic hydroxyl groups is 1. The average molecular weight is 245 g/mol. The van der Waals surface area contributed by atoms with Gasteiger partial charge in [-0.25, -0.2) is 4.68 Å². The highest BCUT2D eigenvalue weighted by molar-refractivity contribution is 5.33. The summed E-state index contributed by atoms with van der Waals surface area (Å²) in [5.74, 6) is 0.100. The average Bonchev–Trinajstić information content (AvgIpc) is 2.88. The lowest BCUT2D eigenvalue weighted by Gasteiger charge is -2.31. The topological polar surface area (TPSA) is 50.9 Å². The highest BCUT2D eigenvalue weighted by atomic mass is 16.3. The lowest BCUT2D eigenvalue weighted by atomic mass is 9.85. The van der Waals surface area contributed by atoms with Crippen LogP contribution in [0.4, 0.5) is 0 Å². The molecule has 0 spiro atoms. The molecule has 0 saturated heterocycles. The molecule has 0 aliphatic carbocycles. The van der Waals surface area contributed by atoms with E-state index in [1.165, 1.54) is 0 Å². The Kier molecular flexibility index (Phi) is 3.48. The van der Waals surface area contributed by atoms with E-state index in [9.17, 15) is 5.11 Å². The molecule has 1 N–H and O–H groups in total. The number of benzene rings is 1. The van der Waals surface area contributed by atoms with Gasteiger partial charge in [-0.05, 0) is 24.5 Å². The predicted octanol–water partition coefficient (Wildman–Crippen LogP) is 2.52. The van der Waals surface area contributed by atoms with Gasteiger partial charge in [0.15, 0.2) is 0 Å². The van der Waals surface area contributed by atoms with Gasteiger partial charge in [0.25, 0.3) is 0 Å². The van der Waals surface area contributed by atoms with Gasteiger partial charge in [-0.3, -0.25) is 0 Å². The zero-order valence-electron chi connectivity index (χ0n) is 11.0. The lowest BCUT2D eigenvalue weighted by molar-refractivity contribution is -0.0201. The summed E-state index contributed by atoms with van der Waals surface area (Å²) in [6, 6.07) is 9.75. The first-order chi connectivity index (χ1) is 8.59. The van der Waals surface area contributed by atoms with E-state index in [0.29, 0.717) is 6.42 Å². The second kappa shape index (κ2) is 4.90. The molecule has 0 fully saturated rings. The number of nitrogens with zero attached hydrogens (tertiary/aromatic N) is 3. The van der Waals surface area contributed by atoms with E-state index in [1.54, 1.807) is 10.9 Å². The molecule has 2 rings (SSSR count). The first kappa shape index (κ1) is 12.8. The summed E-state index contributed by atoms with van der Waals surface area (Å²) in [5.41, 5.74) is 0.753. The Morgan fingerprint density at radius 1 is 1.28 bits per heavy atom. The molecule has 2 aromatic rings. The molecule has 0 aliphatic heterocycles. The smallest absolute Gasteiger partial charge is 0.110 e. The normalized spacial score (nSPS) is 14.7. The Morgan fingerprint density at radius 3 is 2.50 bits per heavy atom. The third-order valence-corrected chi connectivity index (χ3v) is 3.49. The van der Waals surface area contributed by atoms with Crippen LogP contribution in [0, 0.1) is 5.92 Å². The largest absolute Gasteiger partial charge is 0.383 e. The van der Waals surface area contributed by atoms with E-state index < -0.39 is 5.60 Å². The molecule has 1 heterocycles. The Morgan fingerprint density at radius 2 is 1.94 bits per heavy atom. The van der Waals surface area contributed by atoms with Gasteiger partial charge in [-0.2, -0.15) is 0 Å². The van der Waals surface area contributed by atoms with Crippen molar-refractivity contribution in [3.63, 3.8) is 0 Å². The van der Waals surface area contributed by atoms with E-state index in [4.69, 9.17) is 0 Å². The van der Waals surface area contributed by atoms with Gasteiger partial charge in [-0.1, -0.05) is 44.2 Å². The minimum atomic E-state index is -0.903.